The highest BCUT2D eigenvalue weighted by Gasteiger charge is 2.21. The minimum Gasteiger partial charge on any atom is -0.368 e. The maximum absolute atomic E-state index is 11.8. The standard InChI is InChI=1S/C18H28ClN3O/c1-18(2,3)17(23)20-9-6-10-21-11-13-22(14-12-21)16-8-5-4-7-15(16)19/h4-5,7-8H,6,9-14H2,1-3H3,(H,20,23). The molecule has 2 rings (SSSR count). The number of hydrogen-bond acceptors (Lipinski definition) is 3. The first-order valence-electron chi connectivity index (χ1n) is 8.38. The van der Waals surface area contributed by atoms with Gasteiger partial charge in [-0.15, -0.1) is 0 Å². The number of nitrogens with one attached hydrogen (secondary N) is 1. The lowest BCUT2D eigenvalue weighted by Crippen LogP contribution is -2.47. The van der Waals surface area contributed by atoms with Crippen molar-refractivity contribution in [2.75, 3.05) is 44.2 Å². The Morgan fingerprint density at radius 2 is 1.83 bits per heavy atom. The van der Waals surface area contributed by atoms with Crippen molar-refractivity contribution >= 4 is 23.2 Å². The summed E-state index contributed by atoms with van der Waals surface area (Å²) in [4.78, 5) is 16.6. The van der Waals surface area contributed by atoms with Gasteiger partial charge in [0.1, 0.15) is 0 Å². The molecule has 1 heterocycles. The Morgan fingerprint density at radius 1 is 1.17 bits per heavy atom. The number of carbonyl (C=O) groups is 1. The van der Waals surface area contributed by atoms with E-state index < -0.39 is 0 Å². The molecule has 1 aliphatic heterocycles. The van der Waals surface area contributed by atoms with Gasteiger partial charge in [0.25, 0.3) is 0 Å². The Labute approximate surface area is 144 Å². The van der Waals surface area contributed by atoms with Crippen molar-refractivity contribution in [2.24, 2.45) is 5.41 Å². The monoisotopic (exact) mass is 337 g/mol. The van der Waals surface area contributed by atoms with Crippen LogP contribution in [0.2, 0.25) is 5.02 Å². The quantitative estimate of drug-likeness (QED) is 0.839. The molecular weight excluding hydrogens is 310 g/mol. The Bertz CT molecular complexity index is 519. The van der Waals surface area contributed by atoms with Gasteiger partial charge in [-0.3, -0.25) is 9.69 Å². The Kier molecular flexibility index (Phi) is 6.31. The number of carbonyl (C=O) groups excluding carboxylic acids is 1. The number of rotatable bonds is 5. The van der Waals surface area contributed by atoms with Crippen molar-refractivity contribution in [3.8, 4) is 0 Å². The topological polar surface area (TPSA) is 35.6 Å². The summed E-state index contributed by atoms with van der Waals surface area (Å²) in [5, 5.41) is 3.84. The van der Waals surface area contributed by atoms with Crippen molar-refractivity contribution < 1.29 is 4.79 Å². The smallest absolute Gasteiger partial charge is 0.225 e. The molecule has 0 aliphatic carbocycles. The predicted octanol–water partition coefficient (Wildman–Crippen LogP) is 3.01. The second kappa shape index (κ2) is 8.02. The number of benzene rings is 1. The average molecular weight is 338 g/mol. The summed E-state index contributed by atoms with van der Waals surface area (Å²) in [6.07, 6.45) is 0.994. The van der Waals surface area contributed by atoms with Crippen molar-refractivity contribution in [3.05, 3.63) is 29.3 Å². The van der Waals surface area contributed by atoms with E-state index in [0.29, 0.717) is 0 Å². The van der Waals surface area contributed by atoms with Gasteiger partial charge in [-0.1, -0.05) is 44.5 Å². The molecule has 0 spiro atoms. The minimum atomic E-state index is -0.305. The normalized spacial score (nSPS) is 16.4. The Balaban J connectivity index is 1.68. The van der Waals surface area contributed by atoms with Crippen molar-refractivity contribution in [1.29, 1.82) is 0 Å². The maximum atomic E-state index is 11.8. The molecule has 0 aromatic heterocycles. The molecule has 0 radical (unpaired) electrons. The second-order valence-electron chi connectivity index (χ2n) is 7.14. The number of hydrogen-bond donors (Lipinski definition) is 1. The van der Waals surface area contributed by atoms with Crippen LogP contribution in [0.15, 0.2) is 24.3 Å². The Hall–Kier alpha value is -1.26. The highest BCUT2D eigenvalue weighted by molar-refractivity contribution is 6.33. The van der Waals surface area contributed by atoms with Gasteiger partial charge in [0, 0.05) is 38.1 Å². The summed E-state index contributed by atoms with van der Waals surface area (Å²) in [5.74, 6) is 0.126. The molecule has 1 amide bonds. The summed E-state index contributed by atoms with van der Waals surface area (Å²) < 4.78 is 0. The number of para-hydroxylation sites is 1. The van der Waals surface area contributed by atoms with Gasteiger partial charge in [-0.2, -0.15) is 0 Å². The lowest BCUT2D eigenvalue weighted by Gasteiger charge is -2.36. The highest BCUT2D eigenvalue weighted by Crippen LogP contribution is 2.25. The molecule has 4 nitrogen and oxygen atoms in total. The van der Waals surface area contributed by atoms with Crippen LogP contribution in [0, 0.1) is 5.41 Å². The molecule has 0 saturated carbocycles. The number of amides is 1. The molecular formula is C18H28ClN3O. The number of anilines is 1. The number of piperazine rings is 1. The third kappa shape index (κ3) is 5.40. The zero-order valence-corrected chi connectivity index (χ0v) is 15.2. The first kappa shape index (κ1) is 18.1. The molecule has 5 heteroatoms. The molecule has 1 aliphatic rings. The lowest BCUT2D eigenvalue weighted by molar-refractivity contribution is -0.128. The molecule has 23 heavy (non-hydrogen) atoms. The van der Waals surface area contributed by atoms with E-state index in [2.05, 4.69) is 21.2 Å². The fourth-order valence-corrected chi connectivity index (χ4v) is 2.95. The van der Waals surface area contributed by atoms with Crippen LogP contribution in [0.4, 0.5) is 5.69 Å². The van der Waals surface area contributed by atoms with Crippen molar-refractivity contribution in [3.63, 3.8) is 0 Å². The zero-order chi connectivity index (χ0) is 16.9. The van der Waals surface area contributed by atoms with Gasteiger partial charge in [-0.05, 0) is 25.1 Å². The predicted molar refractivity (Wildman–Crippen MR) is 97.2 cm³/mol. The highest BCUT2D eigenvalue weighted by atomic mass is 35.5. The van der Waals surface area contributed by atoms with Crippen molar-refractivity contribution in [2.45, 2.75) is 27.2 Å². The lowest BCUT2D eigenvalue weighted by atomic mass is 9.96. The fraction of sp³-hybridized carbons (Fsp3) is 0.611. The van der Waals surface area contributed by atoms with Crippen LogP contribution in [0.1, 0.15) is 27.2 Å². The van der Waals surface area contributed by atoms with E-state index in [1.165, 1.54) is 0 Å². The first-order valence-corrected chi connectivity index (χ1v) is 8.76. The van der Waals surface area contributed by atoms with Crippen LogP contribution >= 0.6 is 11.6 Å². The fourth-order valence-electron chi connectivity index (χ4n) is 2.69. The molecule has 1 aromatic rings. The molecule has 1 aromatic carbocycles. The SMILES string of the molecule is CC(C)(C)C(=O)NCCCN1CCN(c2ccccc2Cl)CC1. The van der Waals surface area contributed by atoms with E-state index in [1.807, 2.05) is 39.0 Å². The molecule has 0 unspecified atom stereocenters. The van der Waals surface area contributed by atoms with E-state index in [9.17, 15) is 4.79 Å². The number of nitrogens with zero attached hydrogens (tertiary/aromatic N) is 2. The summed E-state index contributed by atoms with van der Waals surface area (Å²) in [7, 11) is 0. The van der Waals surface area contributed by atoms with E-state index >= 15 is 0 Å². The van der Waals surface area contributed by atoms with Crippen LogP contribution in [-0.4, -0.2) is 50.1 Å². The van der Waals surface area contributed by atoms with Gasteiger partial charge in [-0.25, -0.2) is 0 Å². The van der Waals surface area contributed by atoms with E-state index in [0.717, 1.165) is 56.4 Å². The van der Waals surface area contributed by atoms with Crippen LogP contribution in [-0.2, 0) is 4.79 Å². The molecule has 1 N–H and O–H groups in total. The third-order valence-corrected chi connectivity index (χ3v) is 4.50. The summed E-state index contributed by atoms with van der Waals surface area (Å²) >= 11 is 6.27. The minimum absolute atomic E-state index is 0.126. The summed E-state index contributed by atoms with van der Waals surface area (Å²) in [6.45, 7) is 11.7. The van der Waals surface area contributed by atoms with Gasteiger partial charge >= 0.3 is 0 Å². The summed E-state index contributed by atoms with van der Waals surface area (Å²) in [6, 6.07) is 8.03. The second-order valence-corrected chi connectivity index (χ2v) is 7.55. The zero-order valence-electron chi connectivity index (χ0n) is 14.4. The van der Waals surface area contributed by atoms with E-state index in [-0.39, 0.29) is 11.3 Å². The molecule has 1 fully saturated rings. The number of halogens is 1. The van der Waals surface area contributed by atoms with Gasteiger partial charge in [0.05, 0.1) is 10.7 Å². The van der Waals surface area contributed by atoms with Gasteiger partial charge in [0.2, 0.25) is 5.91 Å². The summed E-state index contributed by atoms with van der Waals surface area (Å²) in [5.41, 5.74) is 0.826. The van der Waals surface area contributed by atoms with Crippen LogP contribution in [0.25, 0.3) is 0 Å². The molecule has 1 saturated heterocycles. The largest absolute Gasteiger partial charge is 0.368 e. The Morgan fingerprint density at radius 3 is 2.43 bits per heavy atom. The third-order valence-electron chi connectivity index (χ3n) is 4.18. The first-order chi connectivity index (χ1) is 10.9. The molecule has 0 atom stereocenters. The van der Waals surface area contributed by atoms with Crippen LogP contribution in [0.3, 0.4) is 0 Å². The van der Waals surface area contributed by atoms with Crippen molar-refractivity contribution in [1.82, 2.24) is 10.2 Å². The van der Waals surface area contributed by atoms with E-state index in [1.54, 1.807) is 0 Å². The van der Waals surface area contributed by atoms with Gasteiger partial charge < -0.3 is 10.2 Å². The molecule has 0 bridgehead atoms. The van der Waals surface area contributed by atoms with E-state index in [4.69, 9.17) is 11.6 Å². The molecule has 128 valence electrons. The average Bonchev–Trinajstić information content (AvgIpc) is 2.51. The van der Waals surface area contributed by atoms with Crippen LogP contribution < -0.4 is 10.2 Å². The maximum Gasteiger partial charge on any atom is 0.225 e. The van der Waals surface area contributed by atoms with Gasteiger partial charge in [0.15, 0.2) is 0 Å². The van der Waals surface area contributed by atoms with Crippen LogP contribution in [0.5, 0.6) is 0 Å².